The summed E-state index contributed by atoms with van der Waals surface area (Å²) in [6.45, 7) is 3.11. The van der Waals surface area contributed by atoms with Crippen molar-refractivity contribution in [2.75, 3.05) is 13.7 Å². The molecule has 0 spiro atoms. The van der Waals surface area contributed by atoms with Crippen LogP contribution in [0.4, 0.5) is 0 Å². The Hall–Kier alpha value is -1.02. The van der Waals surface area contributed by atoms with Gasteiger partial charge in [0, 0.05) is 6.04 Å². The van der Waals surface area contributed by atoms with Crippen LogP contribution in [0.15, 0.2) is 30.3 Å². The lowest BCUT2D eigenvalue weighted by atomic mass is 9.74. The Balaban J connectivity index is 1.91. The van der Waals surface area contributed by atoms with E-state index in [1.165, 1.54) is 32.1 Å². The van der Waals surface area contributed by atoms with Gasteiger partial charge in [0.15, 0.2) is 0 Å². The first-order valence-corrected chi connectivity index (χ1v) is 7.70. The number of para-hydroxylation sites is 1. The van der Waals surface area contributed by atoms with Gasteiger partial charge in [-0.3, -0.25) is 0 Å². The lowest BCUT2D eigenvalue weighted by molar-refractivity contribution is 0.137. The number of rotatable bonds is 6. The average molecular weight is 261 g/mol. The van der Waals surface area contributed by atoms with Gasteiger partial charge in [-0.15, -0.1) is 0 Å². The molecule has 2 nitrogen and oxygen atoms in total. The lowest BCUT2D eigenvalue weighted by Crippen LogP contribution is -2.43. The topological polar surface area (TPSA) is 21.3 Å². The van der Waals surface area contributed by atoms with E-state index in [1.54, 1.807) is 0 Å². The van der Waals surface area contributed by atoms with Crippen molar-refractivity contribution in [1.82, 2.24) is 5.32 Å². The van der Waals surface area contributed by atoms with Crippen LogP contribution in [0.3, 0.4) is 0 Å². The van der Waals surface area contributed by atoms with E-state index in [1.807, 2.05) is 30.3 Å². The molecular formula is C17H27NO. The van der Waals surface area contributed by atoms with Crippen LogP contribution in [0.2, 0.25) is 0 Å². The fraction of sp³-hybridized carbons (Fsp3) is 0.647. The minimum absolute atomic E-state index is 0.477. The van der Waals surface area contributed by atoms with E-state index in [-0.39, 0.29) is 0 Å². The molecule has 0 amide bonds. The Morgan fingerprint density at radius 3 is 2.63 bits per heavy atom. The molecule has 0 saturated heterocycles. The molecule has 2 rings (SSSR count). The lowest BCUT2D eigenvalue weighted by Gasteiger charge is -2.36. The van der Waals surface area contributed by atoms with Gasteiger partial charge in [0.05, 0.1) is 0 Å². The van der Waals surface area contributed by atoms with Crippen molar-refractivity contribution < 1.29 is 4.74 Å². The van der Waals surface area contributed by atoms with Crippen LogP contribution in [0.1, 0.15) is 39.0 Å². The summed E-state index contributed by atoms with van der Waals surface area (Å²) in [4.78, 5) is 0. The van der Waals surface area contributed by atoms with Crippen molar-refractivity contribution in [1.29, 1.82) is 0 Å². The summed E-state index contributed by atoms with van der Waals surface area (Å²) in [7, 11) is 2.07. The van der Waals surface area contributed by atoms with Gasteiger partial charge in [-0.05, 0) is 37.4 Å². The Kier molecular flexibility index (Phi) is 5.71. The SMILES string of the molecule is CCC1CCCCC1C(COc1ccccc1)NC. The molecule has 1 aliphatic carbocycles. The maximum atomic E-state index is 5.94. The minimum atomic E-state index is 0.477. The highest BCUT2D eigenvalue weighted by molar-refractivity contribution is 5.21. The molecule has 106 valence electrons. The van der Waals surface area contributed by atoms with Crippen LogP contribution in [-0.4, -0.2) is 19.7 Å². The van der Waals surface area contributed by atoms with Crippen LogP contribution in [0, 0.1) is 11.8 Å². The van der Waals surface area contributed by atoms with Crippen molar-refractivity contribution in [3.63, 3.8) is 0 Å². The fourth-order valence-electron chi connectivity index (χ4n) is 3.40. The predicted molar refractivity (Wildman–Crippen MR) is 80.5 cm³/mol. The quantitative estimate of drug-likeness (QED) is 0.839. The van der Waals surface area contributed by atoms with E-state index in [0.717, 1.165) is 24.2 Å². The molecule has 1 aromatic rings. The Morgan fingerprint density at radius 2 is 1.95 bits per heavy atom. The standard InChI is InChI=1S/C17H27NO/c1-3-14-9-7-8-12-16(14)17(18-2)13-19-15-10-5-4-6-11-15/h4-6,10-11,14,16-18H,3,7-9,12-13H2,1-2H3. The van der Waals surface area contributed by atoms with Crippen molar-refractivity contribution >= 4 is 0 Å². The van der Waals surface area contributed by atoms with Crippen molar-refractivity contribution in [2.24, 2.45) is 11.8 Å². The highest BCUT2D eigenvalue weighted by Crippen LogP contribution is 2.34. The van der Waals surface area contributed by atoms with Gasteiger partial charge in [0.25, 0.3) is 0 Å². The van der Waals surface area contributed by atoms with Crippen molar-refractivity contribution in [2.45, 2.75) is 45.1 Å². The molecule has 0 aromatic heterocycles. The van der Waals surface area contributed by atoms with Crippen LogP contribution >= 0.6 is 0 Å². The molecule has 0 aliphatic heterocycles. The highest BCUT2D eigenvalue weighted by Gasteiger charge is 2.30. The van der Waals surface area contributed by atoms with Gasteiger partial charge in [-0.25, -0.2) is 0 Å². The summed E-state index contributed by atoms with van der Waals surface area (Å²) in [5.41, 5.74) is 0. The number of benzene rings is 1. The third-order valence-electron chi connectivity index (χ3n) is 4.55. The molecule has 2 heteroatoms. The van der Waals surface area contributed by atoms with Gasteiger partial charge < -0.3 is 10.1 Å². The number of hydrogen-bond acceptors (Lipinski definition) is 2. The molecule has 1 N–H and O–H groups in total. The largest absolute Gasteiger partial charge is 0.492 e. The van der Waals surface area contributed by atoms with Gasteiger partial charge in [-0.1, -0.05) is 50.8 Å². The fourth-order valence-corrected chi connectivity index (χ4v) is 3.40. The first-order chi connectivity index (χ1) is 9.35. The zero-order valence-electron chi connectivity index (χ0n) is 12.3. The molecule has 3 unspecified atom stereocenters. The molecule has 1 aliphatic rings. The summed E-state index contributed by atoms with van der Waals surface area (Å²) in [6.07, 6.45) is 6.83. The Bertz CT molecular complexity index is 352. The molecule has 0 heterocycles. The van der Waals surface area contributed by atoms with E-state index in [4.69, 9.17) is 4.74 Å². The molecule has 1 saturated carbocycles. The van der Waals surface area contributed by atoms with Gasteiger partial charge in [0.2, 0.25) is 0 Å². The monoisotopic (exact) mass is 261 g/mol. The smallest absolute Gasteiger partial charge is 0.119 e. The van der Waals surface area contributed by atoms with E-state index in [9.17, 15) is 0 Å². The first-order valence-electron chi connectivity index (χ1n) is 7.70. The van der Waals surface area contributed by atoms with Gasteiger partial charge in [-0.2, -0.15) is 0 Å². The molecule has 1 fully saturated rings. The number of nitrogens with one attached hydrogen (secondary N) is 1. The average Bonchev–Trinajstić information content (AvgIpc) is 2.49. The van der Waals surface area contributed by atoms with Crippen LogP contribution in [-0.2, 0) is 0 Å². The number of hydrogen-bond donors (Lipinski definition) is 1. The van der Waals surface area contributed by atoms with E-state index in [0.29, 0.717) is 6.04 Å². The highest BCUT2D eigenvalue weighted by atomic mass is 16.5. The molecule has 0 radical (unpaired) electrons. The normalized spacial score (nSPS) is 24.9. The van der Waals surface area contributed by atoms with Crippen LogP contribution in [0.25, 0.3) is 0 Å². The second-order valence-corrected chi connectivity index (χ2v) is 5.64. The van der Waals surface area contributed by atoms with Gasteiger partial charge >= 0.3 is 0 Å². The van der Waals surface area contributed by atoms with E-state index in [2.05, 4.69) is 19.3 Å². The third-order valence-corrected chi connectivity index (χ3v) is 4.55. The maximum Gasteiger partial charge on any atom is 0.119 e. The Labute approximate surface area is 117 Å². The molecule has 0 bridgehead atoms. The van der Waals surface area contributed by atoms with Crippen LogP contribution < -0.4 is 10.1 Å². The first kappa shape index (κ1) is 14.4. The predicted octanol–water partition coefficient (Wildman–Crippen LogP) is 3.87. The summed E-state index contributed by atoms with van der Waals surface area (Å²) in [6, 6.07) is 10.6. The summed E-state index contributed by atoms with van der Waals surface area (Å²) in [5, 5.41) is 3.48. The summed E-state index contributed by atoms with van der Waals surface area (Å²) < 4.78 is 5.94. The summed E-state index contributed by atoms with van der Waals surface area (Å²) in [5.74, 6) is 2.62. The van der Waals surface area contributed by atoms with Gasteiger partial charge in [0.1, 0.15) is 12.4 Å². The zero-order valence-corrected chi connectivity index (χ0v) is 12.3. The maximum absolute atomic E-state index is 5.94. The minimum Gasteiger partial charge on any atom is -0.492 e. The Morgan fingerprint density at radius 1 is 1.21 bits per heavy atom. The number of ether oxygens (including phenoxy) is 1. The van der Waals surface area contributed by atoms with E-state index < -0.39 is 0 Å². The van der Waals surface area contributed by atoms with E-state index >= 15 is 0 Å². The summed E-state index contributed by atoms with van der Waals surface area (Å²) >= 11 is 0. The van der Waals surface area contributed by atoms with Crippen molar-refractivity contribution in [3.05, 3.63) is 30.3 Å². The number of likely N-dealkylation sites (N-methyl/N-ethyl adjacent to an activating group) is 1. The zero-order chi connectivity index (χ0) is 13.5. The molecule has 19 heavy (non-hydrogen) atoms. The third kappa shape index (κ3) is 3.97. The van der Waals surface area contributed by atoms with Crippen molar-refractivity contribution in [3.8, 4) is 5.75 Å². The second kappa shape index (κ2) is 7.54. The second-order valence-electron chi connectivity index (χ2n) is 5.64. The van der Waals surface area contributed by atoms with Crippen LogP contribution in [0.5, 0.6) is 5.75 Å². The molecular weight excluding hydrogens is 234 g/mol. The molecule has 1 aromatic carbocycles. The molecule has 3 atom stereocenters.